The van der Waals surface area contributed by atoms with Crippen LogP contribution in [0.25, 0.3) is 0 Å². The van der Waals surface area contributed by atoms with Crippen LogP contribution in [0.5, 0.6) is 0 Å². The highest BCUT2D eigenvalue weighted by Crippen LogP contribution is 2.29. The molecule has 112 valence electrons. The molecule has 0 bridgehead atoms. The van der Waals surface area contributed by atoms with E-state index in [4.69, 9.17) is 0 Å². The summed E-state index contributed by atoms with van der Waals surface area (Å²) in [6, 6.07) is 2.00. The Morgan fingerprint density at radius 2 is 1.95 bits per heavy atom. The maximum Gasteiger partial charge on any atom is 0.471 e. The molecular formula is C10H8BF3N2O5. The van der Waals surface area contributed by atoms with E-state index in [0.717, 1.165) is 19.2 Å². The third kappa shape index (κ3) is 3.71. The number of nitrogens with zero attached hydrogens (tertiary/aromatic N) is 1. The van der Waals surface area contributed by atoms with Gasteiger partial charge in [-0.2, -0.15) is 13.2 Å². The van der Waals surface area contributed by atoms with Gasteiger partial charge in [0.05, 0.1) is 17.6 Å². The smallest absolute Gasteiger partial charge is 0.465 e. The second kappa shape index (κ2) is 5.81. The standard InChI is InChI=1S/C10H8BF3N2O5/c1-21-8(17)5-2-4(11)3-6(16(19)20)7(5)15-9(18)10(12,13)14/h2-3H,11H2,1H3,(H,15,18). The number of amides is 1. The van der Waals surface area contributed by atoms with Gasteiger partial charge in [0.25, 0.3) is 5.69 Å². The monoisotopic (exact) mass is 304 g/mol. The van der Waals surface area contributed by atoms with Gasteiger partial charge in [-0.15, -0.1) is 0 Å². The SMILES string of the molecule is Bc1cc(C(=O)OC)c(NC(=O)C(F)(F)F)c([N+](=O)[O-])c1. The molecule has 1 rings (SSSR count). The lowest BCUT2D eigenvalue weighted by Gasteiger charge is -2.12. The Morgan fingerprint density at radius 1 is 1.38 bits per heavy atom. The summed E-state index contributed by atoms with van der Waals surface area (Å²) in [6.07, 6.45) is -5.26. The number of rotatable bonds is 3. The minimum Gasteiger partial charge on any atom is -0.465 e. The van der Waals surface area contributed by atoms with Gasteiger partial charge >= 0.3 is 18.1 Å². The summed E-state index contributed by atoms with van der Waals surface area (Å²) in [4.78, 5) is 32.3. The highest BCUT2D eigenvalue weighted by atomic mass is 19.4. The van der Waals surface area contributed by atoms with Gasteiger partial charge in [-0.05, 0) is 0 Å². The summed E-state index contributed by atoms with van der Waals surface area (Å²) in [7, 11) is 2.35. The van der Waals surface area contributed by atoms with Crippen molar-refractivity contribution >= 4 is 36.6 Å². The number of ether oxygens (including phenoxy) is 1. The molecule has 7 nitrogen and oxygen atoms in total. The van der Waals surface area contributed by atoms with Crippen molar-refractivity contribution in [1.82, 2.24) is 0 Å². The van der Waals surface area contributed by atoms with E-state index in [2.05, 4.69) is 4.74 Å². The van der Waals surface area contributed by atoms with Gasteiger partial charge in [-0.1, -0.05) is 11.5 Å². The molecule has 21 heavy (non-hydrogen) atoms. The minimum absolute atomic E-state index is 0.243. The number of nitro benzene ring substituents is 1. The second-order valence-corrected chi connectivity index (χ2v) is 3.91. The lowest BCUT2D eigenvalue weighted by molar-refractivity contribution is -0.383. The number of carbonyl (C=O) groups excluding carboxylic acids is 2. The van der Waals surface area contributed by atoms with Crippen LogP contribution in [-0.4, -0.2) is 37.9 Å². The Hall–Kier alpha value is -2.59. The number of anilines is 1. The molecule has 0 saturated heterocycles. The van der Waals surface area contributed by atoms with Crippen molar-refractivity contribution in [2.75, 3.05) is 12.4 Å². The van der Waals surface area contributed by atoms with Crippen LogP contribution in [0.2, 0.25) is 0 Å². The molecule has 1 amide bonds. The quantitative estimate of drug-likeness (QED) is 0.371. The molecule has 0 heterocycles. The Balaban J connectivity index is 3.48. The molecule has 1 aromatic carbocycles. The fourth-order valence-electron chi connectivity index (χ4n) is 1.50. The molecule has 0 radical (unpaired) electrons. The Bertz CT molecular complexity index is 617. The van der Waals surface area contributed by atoms with Gasteiger partial charge in [0.1, 0.15) is 13.5 Å². The maximum absolute atomic E-state index is 12.3. The predicted octanol–water partition coefficient (Wildman–Crippen LogP) is 0.141. The first kappa shape index (κ1) is 16.5. The molecule has 0 aromatic heterocycles. The molecule has 0 saturated carbocycles. The molecule has 0 unspecified atom stereocenters. The summed E-state index contributed by atoms with van der Waals surface area (Å²) in [5.74, 6) is -3.54. The largest absolute Gasteiger partial charge is 0.471 e. The van der Waals surface area contributed by atoms with Gasteiger partial charge < -0.3 is 10.1 Å². The first-order valence-corrected chi connectivity index (χ1v) is 5.33. The van der Waals surface area contributed by atoms with E-state index in [0.29, 0.717) is 0 Å². The van der Waals surface area contributed by atoms with Crippen LogP contribution in [0.3, 0.4) is 0 Å². The van der Waals surface area contributed by atoms with Crippen LogP contribution in [0.15, 0.2) is 12.1 Å². The normalized spacial score (nSPS) is 10.9. The molecule has 1 aromatic rings. The van der Waals surface area contributed by atoms with Crippen LogP contribution in [0.4, 0.5) is 24.5 Å². The Kier molecular flexibility index (Phi) is 4.56. The van der Waals surface area contributed by atoms with Crippen LogP contribution < -0.4 is 10.8 Å². The fourth-order valence-corrected chi connectivity index (χ4v) is 1.50. The number of nitrogens with one attached hydrogen (secondary N) is 1. The summed E-state index contributed by atoms with van der Waals surface area (Å²) < 4.78 is 41.1. The molecule has 0 aliphatic rings. The number of halogens is 3. The van der Waals surface area contributed by atoms with Gasteiger partial charge in [0, 0.05) is 6.07 Å². The van der Waals surface area contributed by atoms with Gasteiger partial charge in [0.2, 0.25) is 0 Å². The van der Waals surface area contributed by atoms with Crippen molar-refractivity contribution in [3.8, 4) is 0 Å². The molecule has 0 spiro atoms. The second-order valence-electron chi connectivity index (χ2n) is 3.91. The van der Waals surface area contributed by atoms with Gasteiger partial charge in [-0.25, -0.2) is 4.79 Å². The van der Waals surface area contributed by atoms with E-state index in [-0.39, 0.29) is 5.46 Å². The highest BCUT2D eigenvalue weighted by molar-refractivity contribution is 6.33. The Labute approximate surface area is 116 Å². The van der Waals surface area contributed by atoms with E-state index in [1.54, 1.807) is 0 Å². The van der Waals surface area contributed by atoms with Crippen molar-refractivity contribution < 1.29 is 32.4 Å². The van der Waals surface area contributed by atoms with Crippen molar-refractivity contribution in [3.63, 3.8) is 0 Å². The summed E-state index contributed by atoms with van der Waals surface area (Å²) in [5, 5.41) is 12.2. The fraction of sp³-hybridized carbons (Fsp3) is 0.200. The average Bonchev–Trinajstić information content (AvgIpc) is 2.37. The van der Waals surface area contributed by atoms with Crippen LogP contribution >= 0.6 is 0 Å². The third-order valence-electron chi connectivity index (χ3n) is 2.36. The predicted molar refractivity (Wildman–Crippen MR) is 67.3 cm³/mol. The van der Waals surface area contributed by atoms with Gasteiger partial charge in [0.15, 0.2) is 0 Å². The molecule has 0 aliphatic carbocycles. The average molecular weight is 304 g/mol. The summed E-state index contributed by atoms with van der Waals surface area (Å²) >= 11 is 0. The molecule has 0 aliphatic heterocycles. The molecular weight excluding hydrogens is 296 g/mol. The number of hydrogen-bond donors (Lipinski definition) is 1. The zero-order valence-electron chi connectivity index (χ0n) is 10.8. The van der Waals surface area contributed by atoms with E-state index < -0.39 is 39.9 Å². The van der Waals surface area contributed by atoms with Crippen LogP contribution in [-0.2, 0) is 9.53 Å². The number of alkyl halides is 3. The lowest BCUT2D eigenvalue weighted by Crippen LogP contribution is -2.31. The topological polar surface area (TPSA) is 98.5 Å². The van der Waals surface area contributed by atoms with E-state index in [1.165, 1.54) is 13.2 Å². The van der Waals surface area contributed by atoms with Crippen molar-refractivity contribution in [3.05, 3.63) is 27.8 Å². The van der Waals surface area contributed by atoms with Crippen molar-refractivity contribution in [1.29, 1.82) is 0 Å². The van der Waals surface area contributed by atoms with Crippen molar-refractivity contribution in [2.24, 2.45) is 0 Å². The summed E-state index contributed by atoms with van der Waals surface area (Å²) in [6.45, 7) is 0. The van der Waals surface area contributed by atoms with Crippen LogP contribution in [0.1, 0.15) is 10.4 Å². The van der Waals surface area contributed by atoms with E-state index >= 15 is 0 Å². The number of hydrogen-bond acceptors (Lipinski definition) is 5. The lowest BCUT2D eigenvalue weighted by atomic mass is 9.92. The number of nitro groups is 1. The number of esters is 1. The minimum atomic E-state index is -5.26. The van der Waals surface area contributed by atoms with Crippen LogP contribution in [0, 0.1) is 10.1 Å². The highest BCUT2D eigenvalue weighted by Gasteiger charge is 2.40. The zero-order valence-corrected chi connectivity index (χ0v) is 10.8. The molecule has 1 N–H and O–H groups in total. The number of methoxy groups -OCH3 is 1. The van der Waals surface area contributed by atoms with E-state index in [1.807, 2.05) is 0 Å². The Morgan fingerprint density at radius 3 is 2.38 bits per heavy atom. The molecule has 11 heteroatoms. The maximum atomic E-state index is 12.3. The van der Waals surface area contributed by atoms with E-state index in [9.17, 15) is 32.9 Å². The summed E-state index contributed by atoms with van der Waals surface area (Å²) in [5.41, 5.74) is -2.00. The number of carbonyl (C=O) groups is 2. The van der Waals surface area contributed by atoms with Gasteiger partial charge in [-0.3, -0.25) is 14.9 Å². The molecule has 0 fully saturated rings. The first-order chi connectivity index (χ1) is 9.57. The number of benzene rings is 1. The zero-order chi connectivity index (χ0) is 16.4. The van der Waals surface area contributed by atoms with Crippen molar-refractivity contribution in [2.45, 2.75) is 6.18 Å². The molecule has 0 atom stereocenters. The first-order valence-electron chi connectivity index (χ1n) is 5.33. The third-order valence-corrected chi connectivity index (χ3v) is 2.36.